The summed E-state index contributed by atoms with van der Waals surface area (Å²) in [6.07, 6.45) is 0.352. The van der Waals surface area contributed by atoms with E-state index in [1.807, 2.05) is 31.2 Å². The number of carbonyl (C=O) groups is 2. The second-order valence-corrected chi connectivity index (χ2v) is 6.95. The average Bonchev–Trinajstić information content (AvgIpc) is 3.14. The predicted molar refractivity (Wildman–Crippen MR) is 104 cm³/mol. The van der Waals surface area contributed by atoms with Crippen LogP contribution in [0, 0.1) is 17.0 Å². The standard InChI is InChI=1S/C21H21N3O5/c1-14-8-10-15(11-9-14)18-13-19(16-4-2-5-17(12-16)24(28)29)23(22-18)20(25)6-3-7-21(26)27/h2,4-5,8-12,19H,3,6-7,13H2,1H3,(H,26,27)/p-1/t19-/m0/s1. The third-order valence-corrected chi connectivity index (χ3v) is 4.79. The average molecular weight is 394 g/mol. The number of carboxylic acid groups (broad SMARTS) is 1. The maximum absolute atomic E-state index is 12.7. The summed E-state index contributed by atoms with van der Waals surface area (Å²) in [6, 6.07) is 13.4. The van der Waals surface area contributed by atoms with Crippen LogP contribution in [0.25, 0.3) is 0 Å². The van der Waals surface area contributed by atoms with E-state index in [4.69, 9.17) is 0 Å². The van der Waals surface area contributed by atoms with Crippen molar-refractivity contribution in [2.45, 2.75) is 38.6 Å². The van der Waals surface area contributed by atoms with Crippen LogP contribution < -0.4 is 5.11 Å². The molecule has 1 aliphatic rings. The fraction of sp³-hybridized carbons (Fsp3) is 0.286. The van der Waals surface area contributed by atoms with Crippen LogP contribution in [-0.2, 0) is 9.59 Å². The lowest BCUT2D eigenvalue weighted by Crippen LogP contribution is -2.28. The van der Waals surface area contributed by atoms with Crippen molar-refractivity contribution in [3.63, 3.8) is 0 Å². The van der Waals surface area contributed by atoms with Gasteiger partial charge in [0, 0.05) is 30.9 Å². The number of aliphatic carboxylic acids is 1. The summed E-state index contributed by atoms with van der Waals surface area (Å²) in [4.78, 5) is 34.0. The maximum Gasteiger partial charge on any atom is 0.269 e. The molecule has 0 radical (unpaired) electrons. The highest BCUT2D eigenvalue weighted by atomic mass is 16.6. The van der Waals surface area contributed by atoms with Gasteiger partial charge < -0.3 is 9.90 Å². The number of nitrogens with zero attached hydrogens (tertiary/aromatic N) is 3. The molecule has 0 aliphatic carbocycles. The number of hydrogen-bond donors (Lipinski definition) is 0. The van der Waals surface area contributed by atoms with E-state index in [2.05, 4.69) is 5.10 Å². The van der Waals surface area contributed by atoms with Crippen molar-refractivity contribution in [1.82, 2.24) is 5.01 Å². The van der Waals surface area contributed by atoms with E-state index >= 15 is 0 Å². The van der Waals surface area contributed by atoms with Crippen LogP contribution in [0.1, 0.15) is 48.4 Å². The summed E-state index contributed by atoms with van der Waals surface area (Å²) in [5.74, 6) is -1.54. The molecule has 2 aromatic carbocycles. The van der Waals surface area contributed by atoms with Crippen LogP contribution in [0.15, 0.2) is 53.6 Å². The minimum Gasteiger partial charge on any atom is -0.550 e. The van der Waals surface area contributed by atoms with Gasteiger partial charge in [0.15, 0.2) is 0 Å². The molecule has 0 N–H and O–H groups in total. The number of rotatable bonds is 7. The Morgan fingerprint density at radius 1 is 1.17 bits per heavy atom. The molecule has 0 fully saturated rings. The predicted octanol–water partition coefficient (Wildman–Crippen LogP) is 2.50. The van der Waals surface area contributed by atoms with Crippen molar-refractivity contribution < 1.29 is 19.6 Å². The van der Waals surface area contributed by atoms with Crippen molar-refractivity contribution in [2.24, 2.45) is 5.10 Å². The van der Waals surface area contributed by atoms with Gasteiger partial charge >= 0.3 is 0 Å². The lowest BCUT2D eigenvalue weighted by Gasteiger charge is -2.22. The number of nitro groups is 1. The van der Waals surface area contributed by atoms with Gasteiger partial charge in [0.2, 0.25) is 5.91 Å². The van der Waals surface area contributed by atoms with E-state index < -0.39 is 16.9 Å². The Bertz CT molecular complexity index is 969. The van der Waals surface area contributed by atoms with Crippen molar-refractivity contribution in [1.29, 1.82) is 0 Å². The maximum atomic E-state index is 12.7. The number of carboxylic acids is 1. The molecule has 1 atom stereocenters. The Labute approximate surface area is 167 Å². The third kappa shape index (κ3) is 4.84. The van der Waals surface area contributed by atoms with Gasteiger partial charge in [0.25, 0.3) is 5.69 Å². The largest absolute Gasteiger partial charge is 0.550 e. The highest BCUT2D eigenvalue weighted by molar-refractivity contribution is 6.03. The normalized spacial score (nSPS) is 15.8. The van der Waals surface area contributed by atoms with Crippen LogP contribution >= 0.6 is 0 Å². The van der Waals surface area contributed by atoms with Crippen LogP contribution in [0.4, 0.5) is 5.69 Å². The van der Waals surface area contributed by atoms with Crippen molar-refractivity contribution in [2.75, 3.05) is 0 Å². The molecule has 0 bridgehead atoms. The third-order valence-electron chi connectivity index (χ3n) is 4.79. The quantitative estimate of drug-likeness (QED) is 0.528. The lowest BCUT2D eigenvalue weighted by molar-refractivity contribution is -0.385. The molecule has 1 heterocycles. The molecule has 0 saturated carbocycles. The Morgan fingerprint density at radius 2 is 1.90 bits per heavy atom. The van der Waals surface area contributed by atoms with Crippen LogP contribution in [0.5, 0.6) is 0 Å². The molecular weight excluding hydrogens is 374 g/mol. The van der Waals surface area contributed by atoms with Gasteiger partial charge in [-0.1, -0.05) is 42.0 Å². The zero-order chi connectivity index (χ0) is 21.0. The first-order chi connectivity index (χ1) is 13.8. The molecule has 150 valence electrons. The highest BCUT2D eigenvalue weighted by Gasteiger charge is 2.33. The molecule has 8 nitrogen and oxygen atoms in total. The summed E-state index contributed by atoms with van der Waals surface area (Å²) in [7, 11) is 0. The fourth-order valence-corrected chi connectivity index (χ4v) is 3.26. The van der Waals surface area contributed by atoms with Gasteiger partial charge in [-0.3, -0.25) is 14.9 Å². The second kappa shape index (κ2) is 8.64. The van der Waals surface area contributed by atoms with Crippen LogP contribution in [0.2, 0.25) is 0 Å². The van der Waals surface area contributed by atoms with Gasteiger partial charge in [-0.15, -0.1) is 0 Å². The Morgan fingerprint density at radius 3 is 2.55 bits per heavy atom. The molecule has 3 rings (SSSR count). The summed E-state index contributed by atoms with van der Waals surface area (Å²) in [5, 5.41) is 27.6. The summed E-state index contributed by atoms with van der Waals surface area (Å²) < 4.78 is 0. The topological polar surface area (TPSA) is 116 Å². The van der Waals surface area contributed by atoms with Crippen molar-refractivity contribution in [3.05, 3.63) is 75.3 Å². The number of benzene rings is 2. The number of nitro benzene ring substituents is 1. The summed E-state index contributed by atoms with van der Waals surface area (Å²) in [6.45, 7) is 1.97. The van der Waals surface area contributed by atoms with Crippen molar-refractivity contribution >= 4 is 23.3 Å². The molecule has 0 spiro atoms. The van der Waals surface area contributed by atoms with E-state index in [-0.39, 0.29) is 30.9 Å². The fourth-order valence-electron chi connectivity index (χ4n) is 3.26. The first-order valence-corrected chi connectivity index (χ1v) is 9.26. The number of carbonyl (C=O) groups excluding carboxylic acids is 2. The SMILES string of the molecule is Cc1ccc(C2=NN(C(=O)CCCC(=O)[O-])[C@H](c3cccc([N+](=O)[O-])c3)C2)cc1. The minimum atomic E-state index is -1.21. The monoisotopic (exact) mass is 394 g/mol. The van der Waals surface area contributed by atoms with E-state index in [0.717, 1.165) is 11.1 Å². The molecule has 8 heteroatoms. The number of aryl methyl sites for hydroxylation is 1. The first kappa shape index (κ1) is 20.2. The van der Waals surface area contributed by atoms with E-state index in [0.29, 0.717) is 17.7 Å². The lowest BCUT2D eigenvalue weighted by atomic mass is 9.97. The number of amides is 1. The molecular formula is C21H20N3O5-. The zero-order valence-corrected chi connectivity index (χ0v) is 15.9. The zero-order valence-electron chi connectivity index (χ0n) is 15.9. The molecule has 29 heavy (non-hydrogen) atoms. The second-order valence-electron chi connectivity index (χ2n) is 6.95. The molecule has 0 unspecified atom stereocenters. The highest BCUT2D eigenvalue weighted by Crippen LogP contribution is 2.34. The Balaban J connectivity index is 1.90. The number of non-ortho nitro benzene ring substituents is 1. The summed E-state index contributed by atoms with van der Waals surface area (Å²) in [5.41, 5.74) is 3.22. The van der Waals surface area contributed by atoms with Gasteiger partial charge in [-0.25, -0.2) is 5.01 Å². The van der Waals surface area contributed by atoms with Crippen LogP contribution in [0.3, 0.4) is 0 Å². The molecule has 1 aliphatic heterocycles. The van der Waals surface area contributed by atoms with E-state index in [1.165, 1.54) is 17.1 Å². The Hall–Kier alpha value is -3.55. The first-order valence-electron chi connectivity index (χ1n) is 9.26. The van der Waals surface area contributed by atoms with E-state index in [1.54, 1.807) is 12.1 Å². The smallest absolute Gasteiger partial charge is 0.269 e. The number of hydrazone groups is 1. The molecule has 0 saturated heterocycles. The van der Waals surface area contributed by atoms with Gasteiger partial charge in [-0.2, -0.15) is 5.10 Å². The van der Waals surface area contributed by atoms with Crippen LogP contribution in [-0.4, -0.2) is 27.5 Å². The van der Waals surface area contributed by atoms with Gasteiger partial charge in [0.05, 0.1) is 16.7 Å². The molecule has 2 aromatic rings. The number of hydrogen-bond acceptors (Lipinski definition) is 6. The minimum absolute atomic E-state index is 0.00405. The molecule has 1 amide bonds. The van der Waals surface area contributed by atoms with E-state index in [9.17, 15) is 24.8 Å². The summed E-state index contributed by atoms with van der Waals surface area (Å²) >= 11 is 0. The van der Waals surface area contributed by atoms with Gasteiger partial charge in [0.1, 0.15) is 0 Å². The molecule has 0 aromatic heterocycles. The Kier molecular flexibility index (Phi) is 6.01. The van der Waals surface area contributed by atoms with Crippen molar-refractivity contribution in [3.8, 4) is 0 Å². The van der Waals surface area contributed by atoms with Gasteiger partial charge in [-0.05, 0) is 30.9 Å².